The van der Waals surface area contributed by atoms with Gasteiger partial charge in [-0.25, -0.2) is 14.4 Å². The molecule has 1 aliphatic carbocycles. The molecule has 4 rings (SSSR count). The molecule has 0 saturated carbocycles. The summed E-state index contributed by atoms with van der Waals surface area (Å²) < 4.78 is 54.4. The Hall–Kier alpha value is -4.53. The minimum absolute atomic E-state index is 0.0557. The van der Waals surface area contributed by atoms with E-state index < -0.39 is 29.7 Å². The van der Waals surface area contributed by atoms with E-state index in [0.717, 1.165) is 29.6 Å². The number of rotatable bonds is 6. The van der Waals surface area contributed by atoms with Crippen LogP contribution in [0.4, 0.5) is 17.6 Å². The molecule has 1 aliphatic rings. The van der Waals surface area contributed by atoms with Crippen LogP contribution in [0, 0.1) is 17.1 Å². The minimum atomic E-state index is -5.07. The Bertz CT molecular complexity index is 1370. The van der Waals surface area contributed by atoms with Crippen LogP contribution in [-0.2, 0) is 13.0 Å². The maximum atomic E-state index is 13.6. The number of nitrogens with one attached hydrogen (secondary N) is 2. The molecule has 0 saturated heterocycles. The normalized spacial score (nSPS) is 14.5. The van der Waals surface area contributed by atoms with E-state index in [4.69, 9.17) is 5.26 Å². The van der Waals surface area contributed by atoms with Crippen molar-refractivity contribution < 1.29 is 31.9 Å². The molecule has 0 bridgehead atoms. The summed E-state index contributed by atoms with van der Waals surface area (Å²) >= 11 is 0. The van der Waals surface area contributed by atoms with Crippen molar-refractivity contribution in [1.82, 2.24) is 20.6 Å². The Morgan fingerprint density at radius 1 is 1.08 bits per heavy atom. The van der Waals surface area contributed by atoms with E-state index in [-0.39, 0.29) is 29.5 Å². The first kappa shape index (κ1) is 24.6. The molecule has 2 amide bonds. The monoisotopic (exact) mass is 499 g/mol. The predicted molar refractivity (Wildman–Crippen MR) is 116 cm³/mol. The average molecular weight is 499 g/mol. The van der Waals surface area contributed by atoms with Gasteiger partial charge in [0.15, 0.2) is 11.6 Å². The lowest BCUT2D eigenvalue weighted by Gasteiger charge is -2.14. The molecule has 8 nitrogen and oxygen atoms in total. The number of benzene rings is 2. The summed E-state index contributed by atoms with van der Waals surface area (Å²) in [7, 11) is 0. The molecule has 0 radical (unpaired) electrons. The number of aryl methyl sites for hydroxylation is 1. The zero-order valence-corrected chi connectivity index (χ0v) is 18.4. The summed E-state index contributed by atoms with van der Waals surface area (Å²) in [5.74, 6) is -3.47. The summed E-state index contributed by atoms with van der Waals surface area (Å²) in [5.41, 5.74) is 2.37. The third kappa shape index (κ3) is 5.75. The van der Waals surface area contributed by atoms with Crippen LogP contribution in [0.15, 0.2) is 48.8 Å². The quantitative estimate of drug-likeness (QED) is 0.499. The summed E-state index contributed by atoms with van der Waals surface area (Å²) in [5, 5.41) is 14.3. The van der Waals surface area contributed by atoms with Gasteiger partial charge in [0.2, 0.25) is 0 Å². The highest BCUT2D eigenvalue weighted by atomic mass is 19.4. The highest BCUT2D eigenvalue weighted by Gasteiger charge is 2.32. The number of nitriles is 1. The molecular weight excluding hydrogens is 482 g/mol. The molecule has 184 valence electrons. The molecule has 1 atom stereocenters. The fourth-order valence-corrected chi connectivity index (χ4v) is 3.81. The van der Waals surface area contributed by atoms with Crippen molar-refractivity contribution in [2.24, 2.45) is 0 Å². The first-order valence-corrected chi connectivity index (χ1v) is 10.6. The van der Waals surface area contributed by atoms with Crippen LogP contribution in [0.1, 0.15) is 55.7 Å². The second kappa shape index (κ2) is 9.99. The first-order chi connectivity index (χ1) is 17.1. The van der Waals surface area contributed by atoms with E-state index in [9.17, 15) is 27.2 Å². The topological polar surface area (TPSA) is 117 Å². The fourth-order valence-electron chi connectivity index (χ4n) is 3.81. The van der Waals surface area contributed by atoms with E-state index in [1.165, 1.54) is 12.1 Å². The smallest absolute Gasteiger partial charge is 0.403 e. The molecule has 0 spiro atoms. The third-order valence-electron chi connectivity index (χ3n) is 5.46. The lowest BCUT2D eigenvalue weighted by Crippen LogP contribution is -2.29. The van der Waals surface area contributed by atoms with Crippen molar-refractivity contribution in [3.8, 4) is 11.8 Å². The Kier molecular flexibility index (Phi) is 6.82. The van der Waals surface area contributed by atoms with Gasteiger partial charge < -0.3 is 15.4 Å². The SMILES string of the molecule is N#Cc1ccc2c(c1)CC[C@@H]2NC(=O)c1cc(C(=O)NCc2ccc(F)c(OC(F)(F)F)c2)ncn1. The number of carbonyl (C=O) groups excluding carboxylic acids is 2. The number of nitrogens with zero attached hydrogens (tertiary/aromatic N) is 3. The average Bonchev–Trinajstić information content (AvgIpc) is 3.25. The molecule has 0 fully saturated rings. The third-order valence-corrected chi connectivity index (χ3v) is 5.46. The predicted octanol–water partition coefficient (Wildman–Crippen LogP) is 3.73. The summed E-state index contributed by atoms with van der Waals surface area (Å²) in [6.07, 6.45) is -2.68. The highest BCUT2D eigenvalue weighted by Crippen LogP contribution is 2.32. The number of aromatic nitrogens is 2. The molecule has 3 aromatic rings. The highest BCUT2D eigenvalue weighted by molar-refractivity contribution is 5.97. The minimum Gasteiger partial charge on any atom is -0.403 e. The molecule has 1 heterocycles. The van der Waals surface area contributed by atoms with Gasteiger partial charge in [0.05, 0.1) is 17.7 Å². The number of carbonyl (C=O) groups is 2. The van der Waals surface area contributed by atoms with Crippen LogP contribution < -0.4 is 15.4 Å². The van der Waals surface area contributed by atoms with Crippen LogP contribution in [0.2, 0.25) is 0 Å². The van der Waals surface area contributed by atoms with Crippen LogP contribution in [0.5, 0.6) is 5.75 Å². The molecule has 0 aliphatic heterocycles. The van der Waals surface area contributed by atoms with Crippen LogP contribution >= 0.6 is 0 Å². The Labute approximate surface area is 201 Å². The summed E-state index contributed by atoms with van der Waals surface area (Å²) in [6.45, 7) is -0.248. The number of fused-ring (bicyclic) bond motifs is 1. The second-order valence-corrected chi connectivity index (χ2v) is 7.87. The Morgan fingerprint density at radius 3 is 2.56 bits per heavy atom. The van der Waals surface area contributed by atoms with Crippen molar-refractivity contribution in [1.29, 1.82) is 5.26 Å². The molecule has 1 aromatic heterocycles. The summed E-state index contributed by atoms with van der Waals surface area (Å²) in [6, 6.07) is 11.0. The van der Waals surface area contributed by atoms with Gasteiger partial charge in [-0.15, -0.1) is 13.2 Å². The number of amides is 2. The van der Waals surface area contributed by atoms with Gasteiger partial charge >= 0.3 is 6.36 Å². The summed E-state index contributed by atoms with van der Waals surface area (Å²) in [4.78, 5) is 33.0. The molecule has 12 heteroatoms. The maximum Gasteiger partial charge on any atom is 0.573 e. The van der Waals surface area contributed by atoms with E-state index in [2.05, 4.69) is 31.4 Å². The molecular formula is C24H17F4N5O3. The van der Waals surface area contributed by atoms with Crippen LogP contribution in [0.3, 0.4) is 0 Å². The van der Waals surface area contributed by atoms with E-state index >= 15 is 0 Å². The molecule has 36 heavy (non-hydrogen) atoms. The van der Waals surface area contributed by atoms with Crippen molar-refractivity contribution >= 4 is 11.8 Å². The van der Waals surface area contributed by atoms with Crippen molar-refractivity contribution in [2.75, 3.05) is 0 Å². The van der Waals surface area contributed by atoms with Crippen molar-refractivity contribution in [3.05, 3.63) is 88.3 Å². The number of hydrogen-bond donors (Lipinski definition) is 2. The Morgan fingerprint density at radius 2 is 1.83 bits per heavy atom. The van der Waals surface area contributed by atoms with Crippen molar-refractivity contribution in [2.45, 2.75) is 31.8 Å². The zero-order chi connectivity index (χ0) is 25.9. The van der Waals surface area contributed by atoms with Gasteiger partial charge in [-0.05, 0) is 53.8 Å². The number of ether oxygens (including phenoxy) is 1. The standard InChI is InChI=1S/C24H17F4N5O3/c25-17-5-2-14(8-21(17)36-24(26,27)28)11-30-22(34)19-9-20(32-12-31-19)23(35)33-18-6-3-15-7-13(10-29)1-4-16(15)18/h1-2,4-5,7-9,12,18H,3,6,11H2,(H,30,34)(H,33,35)/t18-/m0/s1. The van der Waals surface area contributed by atoms with Crippen molar-refractivity contribution in [3.63, 3.8) is 0 Å². The van der Waals surface area contributed by atoms with Gasteiger partial charge in [-0.2, -0.15) is 5.26 Å². The molecule has 0 unspecified atom stereocenters. The van der Waals surface area contributed by atoms with Gasteiger partial charge in [-0.1, -0.05) is 12.1 Å². The number of hydrogen-bond acceptors (Lipinski definition) is 6. The van der Waals surface area contributed by atoms with E-state index in [1.807, 2.05) is 0 Å². The van der Waals surface area contributed by atoms with Crippen LogP contribution in [-0.4, -0.2) is 28.1 Å². The fraction of sp³-hybridized carbons (Fsp3) is 0.208. The maximum absolute atomic E-state index is 13.6. The largest absolute Gasteiger partial charge is 0.573 e. The second-order valence-electron chi connectivity index (χ2n) is 7.87. The van der Waals surface area contributed by atoms with Gasteiger partial charge in [0, 0.05) is 12.6 Å². The Balaban J connectivity index is 1.40. The first-order valence-electron chi connectivity index (χ1n) is 10.6. The zero-order valence-electron chi connectivity index (χ0n) is 18.4. The molecule has 2 aromatic carbocycles. The van der Waals surface area contributed by atoms with Gasteiger partial charge in [-0.3, -0.25) is 9.59 Å². The van der Waals surface area contributed by atoms with Gasteiger partial charge in [0.25, 0.3) is 11.8 Å². The number of alkyl halides is 3. The number of halogens is 4. The van der Waals surface area contributed by atoms with Crippen LogP contribution in [0.25, 0.3) is 0 Å². The van der Waals surface area contributed by atoms with Gasteiger partial charge in [0.1, 0.15) is 17.7 Å². The van der Waals surface area contributed by atoms with E-state index in [0.29, 0.717) is 18.4 Å². The lowest BCUT2D eigenvalue weighted by atomic mass is 10.1. The lowest BCUT2D eigenvalue weighted by molar-refractivity contribution is -0.275. The van der Waals surface area contributed by atoms with E-state index in [1.54, 1.807) is 18.2 Å². The molecule has 2 N–H and O–H groups in total.